The number of hydrogen-bond acceptors (Lipinski definition) is 5. The molecular formula is C19H21N7O2. The molecule has 0 aliphatic carbocycles. The highest BCUT2D eigenvalue weighted by atomic mass is 16.2. The summed E-state index contributed by atoms with van der Waals surface area (Å²) in [5, 5.41) is 9.99. The van der Waals surface area contributed by atoms with Crippen molar-refractivity contribution in [3.63, 3.8) is 0 Å². The van der Waals surface area contributed by atoms with E-state index >= 15 is 0 Å². The standard InChI is InChI=1S/C19H21N7O2/c1-3-22-19(28)23-14-6-4-5-7-16(14)26(17-9-11-25(2)24-17)15-8-10-21-12-13(15)18(20)27/h4-12H,3H2,1-2H3,(H2,20,27)(H2,22,23,28). The molecule has 0 aliphatic heterocycles. The average molecular weight is 379 g/mol. The van der Waals surface area contributed by atoms with Crippen LogP contribution in [0.1, 0.15) is 17.3 Å². The zero-order valence-corrected chi connectivity index (χ0v) is 15.6. The average Bonchev–Trinajstić information content (AvgIpc) is 3.10. The van der Waals surface area contributed by atoms with Crippen molar-refractivity contribution in [2.45, 2.75) is 6.92 Å². The maximum absolute atomic E-state index is 12.1. The number of urea groups is 1. The summed E-state index contributed by atoms with van der Waals surface area (Å²) in [6.07, 6.45) is 4.76. The summed E-state index contributed by atoms with van der Waals surface area (Å²) >= 11 is 0. The monoisotopic (exact) mass is 379 g/mol. The molecule has 2 aromatic heterocycles. The molecule has 9 heteroatoms. The summed E-state index contributed by atoms with van der Waals surface area (Å²) in [4.78, 5) is 29.8. The third kappa shape index (κ3) is 3.93. The minimum Gasteiger partial charge on any atom is -0.365 e. The van der Waals surface area contributed by atoms with E-state index in [2.05, 4.69) is 20.7 Å². The van der Waals surface area contributed by atoms with E-state index in [4.69, 9.17) is 5.73 Å². The Balaban J connectivity index is 2.18. The summed E-state index contributed by atoms with van der Waals surface area (Å²) < 4.78 is 1.65. The lowest BCUT2D eigenvalue weighted by molar-refractivity contribution is 0.100. The van der Waals surface area contributed by atoms with Crippen molar-refractivity contribution in [3.05, 3.63) is 60.6 Å². The number of hydrogen-bond donors (Lipinski definition) is 3. The van der Waals surface area contributed by atoms with E-state index in [1.165, 1.54) is 6.20 Å². The maximum Gasteiger partial charge on any atom is 0.319 e. The van der Waals surface area contributed by atoms with Gasteiger partial charge in [0.1, 0.15) is 0 Å². The minimum atomic E-state index is -0.613. The number of nitrogens with one attached hydrogen (secondary N) is 2. The van der Waals surface area contributed by atoms with E-state index in [1.807, 2.05) is 25.1 Å². The predicted octanol–water partition coefficient (Wildman–Crippen LogP) is 2.53. The Hall–Kier alpha value is -3.88. The van der Waals surface area contributed by atoms with E-state index in [1.54, 1.807) is 47.2 Å². The van der Waals surface area contributed by atoms with Gasteiger partial charge in [-0.3, -0.25) is 19.4 Å². The van der Waals surface area contributed by atoms with Crippen molar-refractivity contribution in [2.75, 3.05) is 16.8 Å². The lowest BCUT2D eigenvalue weighted by Gasteiger charge is -2.26. The van der Waals surface area contributed by atoms with Crippen molar-refractivity contribution in [3.8, 4) is 0 Å². The first-order valence-electron chi connectivity index (χ1n) is 8.68. The van der Waals surface area contributed by atoms with Crippen LogP contribution in [0.2, 0.25) is 0 Å². The smallest absolute Gasteiger partial charge is 0.319 e. The Bertz CT molecular complexity index is 999. The van der Waals surface area contributed by atoms with Gasteiger partial charge in [-0.25, -0.2) is 4.79 Å². The Morgan fingerprint density at radius 3 is 2.64 bits per heavy atom. The van der Waals surface area contributed by atoms with Gasteiger partial charge in [0.15, 0.2) is 5.82 Å². The third-order valence-electron chi connectivity index (χ3n) is 3.96. The largest absolute Gasteiger partial charge is 0.365 e. The zero-order valence-electron chi connectivity index (χ0n) is 15.6. The van der Waals surface area contributed by atoms with Crippen LogP contribution >= 0.6 is 0 Å². The number of benzene rings is 1. The van der Waals surface area contributed by atoms with E-state index in [0.717, 1.165) is 0 Å². The van der Waals surface area contributed by atoms with E-state index in [-0.39, 0.29) is 11.6 Å². The molecule has 0 fully saturated rings. The number of para-hydroxylation sites is 2. The van der Waals surface area contributed by atoms with Gasteiger partial charge in [0, 0.05) is 38.2 Å². The van der Waals surface area contributed by atoms with Crippen molar-refractivity contribution in [1.82, 2.24) is 20.1 Å². The van der Waals surface area contributed by atoms with Crippen LogP contribution in [0.4, 0.5) is 27.7 Å². The number of primary amides is 1. The van der Waals surface area contributed by atoms with Crippen LogP contribution in [-0.2, 0) is 7.05 Å². The van der Waals surface area contributed by atoms with Crippen LogP contribution < -0.4 is 21.3 Å². The predicted molar refractivity (Wildman–Crippen MR) is 107 cm³/mol. The van der Waals surface area contributed by atoms with Gasteiger partial charge in [-0.15, -0.1) is 0 Å². The van der Waals surface area contributed by atoms with Gasteiger partial charge < -0.3 is 16.4 Å². The molecule has 0 radical (unpaired) electrons. The highest BCUT2D eigenvalue weighted by Gasteiger charge is 2.23. The molecule has 0 saturated carbocycles. The van der Waals surface area contributed by atoms with Crippen molar-refractivity contribution >= 4 is 34.8 Å². The Morgan fingerprint density at radius 1 is 1.18 bits per heavy atom. The van der Waals surface area contributed by atoms with Gasteiger partial charge in [0.05, 0.1) is 22.6 Å². The molecule has 0 bridgehead atoms. The molecule has 0 spiro atoms. The molecule has 0 unspecified atom stereocenters. The van der Waals surface area contributed by atoms with E-state index in [9.17, 15) is 9.59 Å². The van der Waals surface area contributed by atoms with Crippen LogP contribution in [-0.4, -0.2) is 33.2 Å². The lowest BCUT2D eigenvalue weighted by Crippen LogP contribution is -2.29. The molecule has 2 heterocycles. The summed E-state index contributed by atoms with van der Waals surface area (Å²) in [6.45, 7) is 2.33. The molecule has 3 aromatic rings. The molecular weight excluding hydrogens is 358 g/mol. The number of amides is 3. The van der Waals surface area contributed by atoms with Gasteiger partial charge in [-0.2, -0.15) is 5.10 Å². The SMILES string of the molecule is CCNC(=O)Nc1ccccc1N(c1ccn(C)n1)c1ccncc1C(N)=O. The molecule has 0 atom stereocenters. The summed E-state index contributed by atoms with van der Waals surface area (Å²) in [5.41, 5.74) is 7.48. The van der Waals surface area contributed by atoms with Gasteiger partial charge in [-0.1, -0.05) is 12.1 Å². The number of carbonyl (C=O) groups is 2. The van der Waals surface area contributed by atoms with Crippen molar-refractivity contribution in [1.29, 1.82) is 0 Å². The quantitative estimate of drug-likeness (QED) is 0.608. The fourth-order valence-electron chi connectivity index (χ4n) is 2.77. The zero-order chi connectivity index (χ0) is 20.1. The second-order valence-electron chi connectivity index (χ2n) is 5.94. The van der Waals surface area contributed by atoms with E-state index < -0.39 is 5.91 Å². The summed E-state index contributed by atoms with van der Waals surface area (Å²) in [5.74, 6) is -0.0560. The first kappa shape index (κ1) is 18.9. The molecule has 9 nitrogen and oxygen atoms in total. The Morgan fingerprint density at radius 2 is 1.96 bits per heavy atom. The van der Waals surface area contributed by atoms with Gasteiger partial charge in [-0.05, 0) is 25.1 Å². The number of pyridine rings is 1. The number of aryl methyl sites for hydroxylation is 1. The van der Waals surface area contributed by atoms with Crippen LogP contribution in [0.3, 0.4) is 0 Å². The first-order valence-corrected chi connectivity index (χ1v) is 8.68. The number of nitrogens with zero attached hydrogens (tertiary/aromatic N) is 4. The molecule has 3 rings (SSSR count). The number of nitrogens with two attached hydrogens (primary N) is 1. The normalized spacial score (nSPS) is 10.4. The topological polar surface area (TPSA) is 118 Å². The number of aromatic nitrogens is 3. The molecule has 0 aliphatic rings. The Labute approximate surface area is 162 Å². The fourth-order valence-corrected chi connectivity index (χ4v) is 2.77. The second kappa shape index (κ2) is 8.21. The number of anilines is 4. The highest BCUT2D eigenvalue weighted by molar-refractivity contribution is 6.02. The number of carbonyl (C=O) groups excluding carboxylic acids is 2. The molecule has 3 amide bonds. The third-order valence-corrected chi connectivity index (χ3v) is 3.96. The van der Waals surface area contributed by atoms with Crippen LogP contribution in [0.5, 0.6) is 0 Å². The van der Waals surface area contributed by atoms with Crippen LogP contribution in [0, 0.1) is 0 Å². The molecule has 4 N–H and O–H groups in total. The maximum atomic E-state index is 12.1. The second-order valence-corrected chi connectivity index (χ2v) is 5.94. The Kier molecular flexibility index (Phi) is 5.54. The van der Waals surface area contributed by atoms with Crippen molar-refractivity contribution < 1.29 is 9.59 Å². The van der Waals surface area contributed by atoms with Gasteiger partial charge >= 0.3 is 6.03 Å². The van der Waals surface area contributed by atoms with E-state index in [0.29, 0.717) is 29.4 Å². The molecule has 144 valence electrons. The summed E-state index contributed by atoms with van der Waals surface area (Å²) in [7, 11) is 1.79. The first-order chi connectivity index (χ1) is 13.5. The molecule has 0 saturated heterocycles. The van der Waals surface area contributed by atoms with Crippen LogP contribution in [0.25, 0.3) is 0 Å². The molecule has 28 heavy (non-hydrogen) atoms. The number of rotatable bonds is 6. The van der Waals surface area contributed by atoms with Gasteiger partial charge in [0.25, 0.3) is 5.91 Å². The van der Waals surface area contributed by atoms with Crippen molar-refractivity contribution in [2.24, 2.45) is 12.8 Å². The summed E-state index contributed by atoms with van der Waals surface area (Å²) in [6, 6.07) is 10.4. The lowest BCUT2D eigenvalue weighted by atomic mass is 10.1. The highest BCUT2D eigenvalue weighted by Crippen LogP contribution is 2.39. The minimum absolute atomic E-state index is 0.237. The fraction of sp³-hybridized carbons (Fsp3) is 0.158. The molecule has 1 aromatic carbocycles. The van der Waals surface area contributed by atoms with Gasteiger partial charge in [0.2, 0.25) is 0 Å². The van der Waals surface area contributed by atoms with Crippen LogP contribution in [0.15, 0.2) is 55.0 Å².